The number of aromatic nitrogens is 2. The molecular formula is C25H26F3N3O. The van der Waals surface area contributed by atoms with E-state index in [0.717, 1.165) is 5.69 Å². The number of benzene rings is 1. The largest absolute Gasteiger partial charge is 0.398 e. The summed E-state index contributed by atoms with van der Waals surface area (Å²) < 4.78 is 42.7. The van der Waals surface area contributed by atoms with Crippen LogP contribution in [0.2, 0.25) is 0 Å². The van der Waals surface area contributed by atoms with Crippen LogP contribution in [0, 0.1) is 5.41 Å². The molecule has 0 unspecified atom stereocenters. The molecular weight excluding hydrogens is 415 g/mol. The molecule has 3 aromatic rings. The number of halogens is 3. The maximum absolute atomic E-state index is 13.6. The van der Waals surface area contributed by atoms with E-state index >= 15 is 0 Å². The summed E-state index contributed by atoms with van der Waals surface area (Å²) in [5, 5.41) is 12.2. The second-order valence-corrected chi connectivity index (χ2v) is 9.62. The zero-order chi connectivity index (χ0) is 22.8. The van der Waals surface area contributed by atoms with Crippen molar-refractivity contribution < 1.29 is 18.3 Å². The molecule has 1 N–H and O–H groups in total. The van der Waals surface area contributed by atoms with Crippen molar-refractivity contribution in [2.45, 2.75) is 37.0 Å². The summed E-state index contributed by atoms with van der Waals surface area (Å²) in [6, 6.07) is 12.1. The van der Waals surface area contributed by atoms with Crippen molar-refractivity contribution in [2.24, 2.45) is 5.41 Å². The number of hydrogen-bond donors (Lipinski definition) is 1. The monoisotopic (exact) mass is 441 g/mol. The van der Waals surface area contributed by atoms with E-state index in [0.29, 0.717) is 24.2 Å². The SMILES string of the molecule is CN1CC(C)([C@](O)(c2ccc(C3(C(F)(F)F)CC3)cc2)c2cncc(-n3cccc3)c2)C1. The van der Waals surface area contributed by atoms with Crippen LogP contribution in [0.4, 0.5) is 13.2 Å². The van der Waals surface area contributed by atoms with Gasteiger partial charge in [-0.3, -0.25) is 4.98 Å². The van der Waals surface area contributed by atoms with Crippen molar-refractivity contribution in [3.63, 3.8) is 0 Å². The molecule has 2 fully saturated rings. The molecule has 4 nitrogen and oxygen atoms in total. The number of rotatable bonds is 5. The summed E-state index contributed by atoms with van der Waals surface area (Å²) in [7, 11) is 1.99. The fourth-order valence-electron chi connectivity index (χ4n) is 5.40. The predicted molar refractivity (Wildman–Crippen MR) is 116 cm³/mol. The first-order chi connectivity index (χ1) is 15.1. The maximum Gasteiger partial charge on any atom is 0.398 e. The minimum absolute atomic E-state index is 0.117. The highest BCUT2D eigenvalue weighted by Crippen LogP contribution is 2.59. The molecule has 1 aliphatic heterocycles. The van der Waals surface area contributed by atoms with Gasteiger partial charge in [-0.2, -0.15) is 13.2 Å². The van der Waals surface area contributed by atoms with Gasteiger partial charge in [0.2, 0.25) is 0 Å². The first-order valence-corrected chi connectivity index (χ1v) is 10.8. The van der Waals surface area contributed by atoms with E-state index in [2.05, 4.69) is 9.88 Å². The standard InChI is InChI=1S/C25H26F3N3O/c1-22(16-30(2)17-22)24(32,20-13-21(15-29-14-20)31-11-3-4-12-31)19-7-5-18(6-8-19)23(9-10-23)25(26,27)28/h3-8,11-15,32H,9-10,16-17H2,1-2H3/t24-/m0/s1. The van der Waals surface area contributed by atoms with E-state index in [1.807, 2.05) is 49.1 Å². The molecule has 1 atom stereocenters. The van der Waals surface area contributed by atoms with Gasteiger partial charge >= 0.3 is 6.18 Å². The summed E-state index contributed by atoms with van der Waals surface area (Å²) in [4.78, 5) is 6.50. The van der Waals surface area contributed by atoms with E-state index in [-0.39, 0.29) is 18.4 Å². The molecule has 0 spiro atoms. The van der Waals surface area contributed by atoms with E-state index in [1.54, 1.807) is 24.5 Å². The normalized spacial score (nSPS) is 21.6. The molecule has 32 heavy (non-hydrogen) atoms. The van der Waals surface area contributed by atoms with Gasteiger partial charge in [0.1, 0.15) is 5.60 Å². The number of nitrogens with zero attached hydrogens (tertiary/aromatic N) is 3. The first-order valence-electron chi connectivity index (χ1n) is 10.8. The number of hydrogen-bond acceptors (Lipinski definition) is 3. The zero-order valence-corrected chi connectivity index (χ0v) is 18.1. The van der Waals surface area contributed by atoms with Gasteiger partial charge in [-0.25, -0.2) is 0 Å². The van der Waals surface area contributed by atoms with Gasteiger partial charge in [0, 0.05) is 42.7 Å². The van der Waals surface area contributed by atoms with Gasteiger partial charge in [-0.05, 0) is 49.2 Å². The molecule has 5 rings (SSSR count). The van der Waals surface area contributed by atoms with Crippen molar-refractivity contribution in [2.75, 3.05) is 20.1 Å². The summed E-state index contributed by atoms with van der Waals surface area (Å²) in [6.45, 7) is 3.33. The van der Waals surface area contributed by atoms with E-state index in [1.165, 1.54) is 12.1 Å². The van der Waals surface area contributed by atoms with Crippen LogP contribution < -0.4 is 0 Å². The average Bonchev–Trinajstić information content (AvgIpc) is 3.40. The topological polar surface area (TPSA) is 41.3 Å². The minimum atomic E-state index is -4.26. The van der Waals surface area contributed by atoms with Crippen LogP contribution in [0.25, 0.3) is 5.69 Å². The van der Waals surface area contributed by atoms with Gasteiger partial charge in [0.05, 0.1) is 17.3 Å². The molecule has 1 saturated carbocycles. The second-order valence-electron chi connectivity index (χ2n) is 9.62. The van der Waals surface area contributed by atoms with Crippen molar-refractivity contribution >= 4 is 0 Å². The quantitative estimate of drug-likeness (QED) is 0.627. The number of alkyl halides is 3. The van der Waals surface area contributed by atoms with Gasteiger partial charge in [-0.15, -0.1) is 0 Å². The van der Waals surface area contributed by atoms with Gasteiger partial charge in [-0.1, -0.05) is 31.2 Å². The van der Waals surface area contributed by atoms with E-state index < -0.39 is 22.6 Å². The highest BCUT2D eigenvalue weighted by Gasteiger charge is 2.64. The van der Waals surface area contributed by atoms with Crippen LogP contribution in [-0.4, -0.2) is 45.9 Å². The Hall–Kier alpha value is -2.64. The number of likely N-dealkylation sites (tertiary alicyclic amines) is 1. The van der Waals surface area contributed by atoms with Crippen LogP contribution >= 0.6 is 0 Å². The van der Waals surface area contributed by atoms with Crippen molar-refractivity contribution in [1.82, 2.24) is 14.5 Å². The van der Waals surface area contributed by atoms with Crippen LogP contribution in [0.5, 0.6) is 0 Å². The molecule has 2 aromatic heterocycles. The fraction of sp³-hybridized carbons (Fsp3) is 0.400. The Morgan fingerprint density at radius 2 is 1.59 bits per heavy atom. The Balaban J connectivity index is 1.59. The molecule has 2 aliphatic rings. The Morgan fingerprint density at radius 1 is 0.969 bits per heavy atom. The number of pyridine rings is 1. The van der Waals surface area contributed by atoms with Crippen LogP contribution in [0.1, 0.15) is 36.5 Å². The molecule has 3 heterocycles. The molecule has 7 heteroatoms. The molecule has 0 bridgehead atoms. The third-order valence-corrected chi connectivity index (χ3v) is 7.30. The van der Waals surface area contributed by atoms with Crippen molar-refractivity contribution in [3.05, 3.63) is 83.9 Å². The van der Waals surface area contributed by atoms with Crippen LogP contribution in [0.3, 0.4) is 0 Å². The fourth-order valence-corrected chi connectivity index (χ4v) is 5.40. The summed E-state index contributed by atoms with van der Waals surface area (Å²) in [5.41, 5.74) is -1.35. The smallest absolute Gasteiger partial charge is 0.380 e. The molecule has 168 valence electrons. The lowest BCUT2D eigenvalue weighted by atomic mass is 9.62. The minimum Gasteiger partial charge on any atom is -0.380 e. The van der Waals surface area contributed by atoms with Gasteiger partial charge in [0.15, 0.2) is 0 Å². The van der Waals surface area contributed by atoms with E-state index in [9.17, 15) is 18.3 Å². The molecule has 0 radical (unpaired) electrons. The Kier molecular flexibility index (Phi) is 4.59. The van der Waals surface area contributed by atoms with Gasteiger partial charge in [0.25, 0.3) is 0 Å². The second kappa shape index (κ2) is 6.93. The Morgan fingerprint density at radius 3 is 2.12 bits per heavy atom. The Labute approximate surface area is 185 Å². The summed E-state index contributed by atoms with van der Waals surface area (Å²) in [5.74, 6) is 0. The average molecular weight is 441 g/mol. The zero-order valence-electron chi connectivity index (χ0n) is 18.1. The molecule has 1 aromatic carbocycles. The maximum atomic E-state index is 13.6. The first kappa shape index (κ1) is 21.2. The van der Waals surface area contributed by atoms with Gasteiger partial charge < -0.3 is 14.6 Å². The highest BCUT2D eigenvalue weighted by atomic mass is 19.4. The lowest BCUT2D eigenvalue weighted by molar-refractivity contribution is -0.160. The van der Waals surface area contributed by atoms with Crippen LogP contribution in [0.15, 0.2) is 67.3 Å². The number of aliphatic hydroxyl groups is 1. The van der Waals surface area contributed by atoms with Crippen molar-refractivity contribution in [1.29, 1.82) is 0 Å². The summed E-state index contributed by atoms with van der Waals surface area (Å²) >= 11 is 0. The predicted octanol–water partition coefficient (Wildman–Crippen LogP) is 4.65. The summed E-state index contributed by atoms with van der Waals surface area (Å²) in [6.07, 6.45) is 3.16. The lowest BCUT2D eigenvalue weighted by Gasteiger charge is -2.55. The third kappa shape index (κ3) is 3.02. The van der Waals surface area contributed by atoms with Crippen LogP contribution in [-0.2, 0) is 11.0 Å². The molecule has 1 saturated heterocycles. The highest BCUT2D eigenvalue weighted by molar-refractivity contribution is 5.46. The molecule has 0 amide bonds. The van der Waals surface area contributed by atoms with Crippen molar-refractivity contribution in [3.8, 4) is 5.69 Å². The van der Waals surface area contributed by atoms with E-state index in [4.69, 9.17) is 0 Å². The molecule has 1 aliphatic carbocycles. The lowest BCUT2D eigenvalue weighted by Crippen LogP contribution is -2.63. The Bertz CT molecular complexity index is 1110. The third-order valence-electron chi connectivity index (χ3n) is 7.30.